The highest BCUT2D eigenvalue weighted by atomic mass is 19.4. The largest absolute Gasteiger partial charge is 0.416 e. The zero-order valence-electron chi connectivity index (χ0n) is 10.1. The molecule has 0 aliphatic carbocycles. The molecule has 19 heavy (non-hydrogen) atoms. The van der Waals surface area contributed by atoms with Crippen molar-refractivity contribution in [3.8, 4) is 0 Å². The van der Waals surface area contributed by atoms with Gasteiger partial charge in [0.15, 0.2) is 5.82 Å². The van der Waals surface area contributed by atoms with Gasteiger partial charge in [-0.25, -0.2) is 9.97 Å². The van der Waals surface area contributed by atoms with Gasteiger partial charge in [-0.15, -0.1) is 0 Å². The Balaban J connectivity index is 1.93. The van der Waals surface area contributed by atoms with Crippen molar-refractivity contribution < 1.29 is 13.2 Å². The standard InChI is InChI=1S/C11H12F3N5/c1-19-7-17-9(18-19)3-5-16-10-6-8(2-4-15-10)11(12,13)14/h2,4,6-7H,3,5H2,1H3,(H,15,16). The second-order valence-corrected chi connectivity index (χ2v) is 3.94. The van der Waals surface area contributed by atoms with Crippen molar-refractivity contribution >= 4 is 5.82 Å². The molecule has 0 radical (unpaired) electrons. The molecule has 0 fully saturated rings. The summed E-state index contributed by atoms with van der Waals surface area (Å²) in [6.07, 6.45) is -1.15. The van der Waals surface area contributed by atoms with Gasteiger partial charge in [0.1, 0.15) is 12.1 Å². The van der Waals surface area contributed by atoms with Crippen LogP contribution in [0.5, 0.6) is 0 Å². The molecule has 0 atom stereocenters. The zero-order chi connectivity index (χ0) is 13.9. The maximum Gasteiger partial charge on any atom is 0.416 e. The van der Waals surface area contributed by atoms with Crippen LogP contribution in [0.2, 0.25) is 0 Å². The first kappa shape index (κ1) is 13.3. The van der Waals surface area contributed by atoms with Crippen molar-refractivity contribution in [2.45, 2.75) is 12.6 Å². The van der Waals surface area contributed by atoms with Crippen molar-refractivity contribution in [1.82, 2.24) is 19.7 Å². The van der Waals surface area contributed by atoms with Crippen LogP contribution in [0.3, 0.4) is 0 Å². The Morgan fingerprint density at radius 1 is 1.32 bits per heavy atom. The number of aromatic nitrogens is 4. The van der Waals surface area contributed by atoms with Crippen molar-refractivity contribution in [2.24, 2.45) is 7.05 Å². The summed E-state index contributed by atoms with van der Waals surface area (Å²) < 4.78 is 39.0. The average Bonchev–Trinajstić information content (AvgIpc) is 2.74. The van der Waals surface area contributed by atoms with Gasteiger partial charge in [0.2, 0.25) is 0 Å². The second kappa shape index (κ2) is 5.25. The summed E-state index contributed by atoms with van der Waals surface area (Å²) in [7, 11) is 1.75. The van der Waals surface area contributed by atoms with E-state index in [1.807, 2.05) is 0 Å². The minimum Gasteiger partial charge on any atom is -0.370 e. The molecule has 0 saturated heterocycles. The van der Waals surface area contributed by atoms with Crippen LogP contribution >= 0.6 is 0 Å². The van der Waals surface area contributed by atoms with E-state index in [1.165, 1.54) is 0 Å². The molecule has 2 rings (SSSR count). The van der Waals surface area contributed by atoms with E-state index in [0.717, 1.165) is 18.3 Å². The molecule has 0 saturated carbocycles. The molecule has 2 aromatic rings. The molecule has 0 amide bonds. The fourth-order valence-electron chi connectivity index (χ4n) is 1.50. The lowest BCUT2D eigenvalue weighted by Crippen LogP contribution is -2.10. The first-order valence-electron chi connectivity index (χ1n) is 5.57. The van der Waals surface area contributed by atoms with Gasteiger partial charge in [-0.1, -0.05) is 0 Å². The van der Waals surface area contributed by atoms with Crippen LogP contribution in [0.4, 0.5) is 19.0 Å². The van der Waals surface area contributed by atoms with Crippen LogP contribution in [0.15, 0.2) is 24.7 Å². The minimum absolute atomic E-state index is 0.186. The van der Waals surface area contributed by atoms with Gasteiger partial charge >= 0.3 is 6.18 Å². The van der Waals surface area contributed by atoms with E-state index in [4.69, 9.17) is 0 Å². The summed E-state index contributed by atoms with van der Waals surface area (Å²) in [5.41, 5.74) is -0.721. The number of hydrogen-bond acceptors (Lipinski definition) is 4. The van der Waals surface area contributed by atoms with E-state index in [-0.39, 0.29) is 5.82 Å². The highest BCUT2D eigenvalue weighted by molar-refractivity contribution is 5.38. The van der Waals surface area contributed by atoms with Gasteiger partial charge in [-0.2, -0.15) is 18.3 Å². The number of aryl methyl sites for hydroxylation is 1. The first-order chi connectivity index (χ1) is 8.95. The van der Waals surface area contributed by atoms with Crippen LogP contribution in [-0.2, 0) is 19.6 Å². The van der Waals surface area contributed by atoms with Crippen LogP contribution < -0.4 is 5.32 Å². The summed E-state index contributed by atoms with van der Waals surface area (Å²) in [4.78, 5) is 7.85. The molecule has 8 heteroatoms. The number of pyridine rings is 1. The third-order valence-electron chi connectivity index (χ3n) is 2.39. The predicted octanol–water partition coefficient (Wildman–Crippen LogP) is 1.88. The molecule has 0 aromatic carbocycles. The zero-order valence-corrected chi connectivity index (χ0v) is 10.1. The molecule has 0 bridgehead atoms. The second-order valence-electron chi connectivity index (χ2n) is 3.94. The highest BCUT2D eigenvalue weighted by Gasteiger charge is 2.30. The number of rotatable bonds is 4. The molecule has 0 spiro atoms. The summed E-state index contributed by atoms with van der Waals surface area (Å²) in [5.74, 6) is 0.813. The van der Waals surface area contributed by atoms with Gasteiger partial charge in [-0.3, -0.25) is 4.68 Å². The lowest BCUT2D eigenvalue weighted by Gasteiger charge is -2.09. The first-order valence-corrected chi connectivity index (χ1v) is 5.57. The number of alkyl halides is 3. The van der Waals surface area contributed by atoms with E-state index in [1.54, 1.807) is 18.1 Å². The Bertz CT molecular complexity index is 549. The van der Waals surface area contributed by atoms with Crippen molar-refractivity contribution in [3.05, 3.63) is 36.0 Å². The maximum absolute atomic E-state index is 12.5. The highest BCUT2D eigenvalue weighted by Crippen LogP contribution is 2.29. The van der Waals surface area contributed by atoms with Crippen LogP contribution in [-0.4, -0.2) is 26.3 Å². The summed E-state index contributed by atoms with van der Waals surface area (Å²) in [6.45, 7) is 0.415. The predicted molar refractivity (Wildman–Crippen MR) is 62.4 cm³/mol. The smallest absolute Gasteiger partial charge is 0.370 e. The van der Waals surface area contributed by atoms with Crippen LogP contribution in [0, 0.1) is 0 Å². The SMILES string of the molecule is Cn1cnc(CCNc2cc(C(F)(F)F)ccn2)n1. The Kier molecular flexibility index (Phi) is 3.68. The topological polar surface area (TPSA) is 55.6 Å². The Morgan fingerprint density at radius 2 is 2.11 bits per heavy atom. The maximum atomic E-state index is 12.5. The monoisotopic (exact) mass is 271 g/mol. The normalized spacial score (nSPS) is 11.6. The fraction of sp³-hybridized carbons (Fsp3) is 0.364. The molecular weight excluding hydrogens is 259 g/mol. The molecule has 5 nitrogen and oxygen atoms in total. The van der Waals surface area contributed by atoms with Crippen LogP contribution in [0.25, 0.3) is 0 Å². The van der Waals surface area contributed by atoms with Crippen LogP contribution in [0.1, 0.15) is 11.4 Å². The third-order valence-corrected chi connectivity index (χ3v) is 2.39. The van der Waals surface area contributed by atoms with Gasteiger partial charge in [0, 0.05) is 26.2 Å². The molecular formula is C11H12F3N5. The fourth-order valence-corrected chi connectivity index (χ4v) is 1.50. The van der Waals surface area contributed by atoms with E-state index in [0.29, 0.717) is 18.8 Å². The van der Waals surface area contributed by atoms with E-state index < -0.39 is 11.7 Å². The Morgan fingerprint density at radius 3 is 2.74 bits per heavy atom. The number of anilines is 1. The number of nitrogens with one attached hydrogen (secondary N) is 1. The van der Waals surface area contributed by atoms with E-state index >= 15 is 0 Å². The van der Waals surface area contributed by atoms with Gasteiger partial charge in [0.25, 0.3) is 0 Å². The Labute approximate surface area is 107 Å². The summed E-state index contributed by atoms with van der Waals surface area (Å²) in [6, 6.07) is 1.91. The molecule has 0 aliphatic heterocycles. The third kappa shape index (κ3) is 3.67. The number of halogens is 3. The van der Waals surface area contributed by atoms with Crippen molar-refractivity contribution in [2.75, 3.05) is 11.9 Å². The van der Waals surface area contributed by atoms with Gasteiger partial charge < -0.3 is 5.32 Å². The lowest BCUT2D eigenvalue weighted by atomic mass is 10.2. The van der Waals surface area contributed by atoms with E-state index in [2.05, 4.69) is 20.4 Å². The minimum atomic E-state index is -4.36. The van der Waals surface area contributed by atoms with Crippen molar-refractivity contribution in [1.29, 1.82) is 0 Å². The molecule has 0 unspecified atom stereocenters. The Hall–Kier alpha value is -2.12. The molecule has 1 N–H and O–H groups in total. The average molecular weight is 271 g/mol. The lowest BCUT2D eigenvalue weighted by molar-refractivity contribution is -0.137. The molecule has 2 aromatic heterocycles. The van der Waals surface area contributed by atoms with E-state index in [9.17, 15) is 13.2 Å². The molecule has 0 aliphatic rings. The number of hydrogen-bond donors (Lipinski definition) is 1. The van der Waals surface area contributed by atoms with Crippen molar-refractivity contribution in [3.63, 3.8) is 0 Å². The quantitative estimate of drug-likeness (QED) is 0.922. The summed E-state index contributed by atoms with van der Waals surface area (Å²) >= 11 is 0. The summed E-state index contributed by atoms with van der Waals surface area (Å²) in [5, 5.41) is 6.88. The van der Waals surface area contributed by atoms with Gasteiger partial charge in [-0.05, 0) is 12.1 Å². The molecule has 102 valence electrons. The number of nitrogens with zero attached hydrogens (tertiary/aromatic N) is 4. The van der Waals surface area contributed by atoms with Gasteiger partial charge in [0.05, 0.1) is 5.56 Å². The molecule has 2 heterocycles.